The first-order chi connectivity index (χ1) is 22.2. The van der Waals surface area contributed by atoms with Crippen LogP contribution in [0.4, 0.5) is 0 Å². The SMILES string of the molecule is CCCC(C)N1CC=C[C@@]23O[C@H]4/C=C\CCC(=O)N(C)[C@@H](C)[C@H](c5ccccc5)OC(=O)[C@H]4[C@@H]2C(=O)N(CCCCCO)[C@H]3C1=O. The number of rotatable bonds is 9. The number of carbonyl (C=O) groups excluding carboxylic acids is 4. The van der Waals surface area contributed by atoms with E-state index < -0.39 is 47.7 Å². The maximum Gasteiger partial charge on any atom is 0.313 e. The Morgan fingerprint density at radius 2 is 1.80 bits per heavy atom. The number of likely N-dealkylation sites (tertiary alicyclic amines) is 1. The predicted molar refractivity (Wildman–Crippen MR) is 172 cm³/mol. The molecule has 1 aromatic carbocycles. The molecule has 2 fully saturated rings. The van der Waals surface area contributed by atoms with Gasteiger partial charge in [0.2, 0.25) is 17.7 Å². The van der Waals surface area contributed by atoms with E-state index in [0.717, 1.165) is 18.4 Å². The molecule has 10 heteroatoms. The molecule has 10 nitrogen and oxygen atoms in total. The average Bonchev–Trinajstić information content (AvgIpc) is 3.43. The second-order valence-electron chi connectivity index (χ2n) is 13.2. The van der Waals surface area contributed by atoms with Gasteiger partial charge in [-0.25, -0.2) is 0 Å². The summed E-state index contributed by atoms with van der Waals surface area (Å²) >= 11 is 0. The second-order valence-corrected chi connectivity index (χ2v) is 13.2. The number of nitrogens with zero attached hydrogens (tertiary/aromatic N) is 3. The predicted octanol–water partition coefficient (Wildman–Crippen LogP) is 3.80. The standard InChI is InChI=1S/C36H49N3O7/c1-5-15-24(2)38-22-14-20-36-30(33(42)39(32(36)34(38)43)21-12-7-13-23-40)29-27(46-36)18-10-11-19-28(41)37(4)25(3)31(45-35(29)44)26-16-8-6-9-17-26/h6,8-10,14,16-18,20,24-25,27,29-32,40H,5,7,11-13,15,19,21-23H2,1-4H3/b18-10-/t24?,25-,27-,29+,30+,31+,32-,36+/m0/s1. The number of amides is 3. The maximum atomic E-state index is 14.6. The number of unbranched alkanes of at least 4 members (excludes halogenated alkanes) is 2. The minimum absolute atomic E-state index is 0.0372. The normalized spacial score (nSPS) is 33.0. The third-order valence-corrected chi connectivity index (χ3v) is 10.3. The molecule has 0 aromatic heterocycles. The number of hydrogen-bond donors (Lipinski definition) is 1. The van der Waals surface area contributed by atoms with Gasteiger partial charge in [0.1, 0.15) is 23.7 Å². The maximum absolute atomic E-state index is 14.6. The Balaban J connectivity index is 1.58. The number of ether oxygens (including phenoxy) is 2. The highest BCUT2D eigenvalue weighted by Crippen LogP contribution is 2.53. The number of likely N-dealkylation sites (N-methyl/N-ethyl adjacent to an activating group) is 1. The van der Waals surface area contributed by atoms with Crippen molar-refractivity contribution in [2.45, 2.75) is 102 Å². The van der Waals surface area contributed by atoms with E-state index in [2.05, 4.69) is 6.92 Å². The third-order valence-electron chi connectivity index (χ3n) is 10.3. The number of aliphatic hydroxyl groups excluding tert-OH is 1. The number of carbonyl (C=O) groups is 4. The highest BCUT2D eigenvalue weighted by atomic mass is 16.6. The minimum Gasteiger partial charge on any atom is -0.455 e. The summed E-state index contributed by atoms with van der Waals surface area (Å²) in [5.41, 5.74) is -0.613. The van der Waals surface area contributed by atoms with E-state index in [1.807, 2.05) is 67.3 Å². The van der Waals surface area contributed by atoms with Crippen LogP contribution in [-0.2, 0) is 28.7 Å². The van der Waals surface area contributed by atoms with Crippen LogP contribution in [-0.4, -0.2) is 100 Å². The van der Waals surface area contributed by atoms with Crippen LogP contribution in [0.2, 0.25) is 0 Å². The first-order valence-corrected chi connectivity index (χ1v) is 16.9. The van der Waals surface area contributed by atoms with Crippen molar-refractivity contribution in [1.29, 1.82) is 0 Å². The van der Waals surface area contributed by atoms with Gasteiger partial charge >= 0.3 is 5.97 Å². The lowest BCUT2D eigenvalue weighted by Crippen LogP contribution is -2.56. The highest BCUT2D eigenvalue weighted by molar-refractivity contribution is 5.99. The van der Waals surface area contributed by atoms with E-state index in [9.17, 15) is 24.3 Å². The van der Waals surface area contributed by atoms with Gasteiger partial charge in [-0.3, -0.25) is 19.2 Å². The molecule has 0 aliphatic carbocycles. The summed E-state index contributed by atoms with van der Waals surface area (Å²) in [7, 11) is 1.72. The fourth-order valence-corrected chi connectivity index (χ4v) is 7.69. The second kappa shape index (κ2) is 14.5. The van der Waals surface area contributed by atoms with Crippen molar-refractivity contribution in [3.63, 3.8) is 0 Å². The number of esters is 1. The third kappa shape index (κ3) is 6.26. The Hall–Kier alpha value is -3.50. The van der Waals surface area contributed by atoms with Crippen LogP contribution < -0.4 is 0 Å². The zero-order valence-electron chi connectivity index (χ0n) is 27.5. The Labute approximate surface area is 272 Å². The van der Waals surface area contributed by atoms with E-state index in [-0.39, 0.29) is 36.8 Å². The zero-order valence-corrected chi connectivity index (χ0v) is 27.5. The van der Waals surface area contributed by atoms with Crippen LogP contribution >= 0.6 is 0 Å². The van der Waals surface area contributed by atoms with Crippen LogP contribution in [0.3, 0.4) is 0 Å². The Morgan fingerprint density at radius 1 is 1.04 bits per heavy atom. The van der Waals surface area contributed by atoms with E-state index in [1.54, 1.807) is 22.9 Å². The summed E-state index contributed by atoms with van der Waals surface area (Å²) in [6.07, 6.45) is 10.1. The van der Waals surface area contributed by atoms with Crippen molar-refractivity contribution in [2.75, 3.05) is 26.7 Å². The quantitative estimate of drug-likeness (QED) is 0.249. The molecule has 46 heavy (non-hydrogen) atoms. The molecule has 0 bridgehead atoms. The van der Waals surface area contributed by atoms with Crippen molar-refractivity contribution in [2.24, 2.45) is 11.8 Å². The molecule has 4 aliphatic heterocycles. The smallest absolute Gasteiger partial charge is 0.313 e. The lowest BCUT2D eigenvalue weighted by atomic mass is 9.77. The van der Waals surface area contributed by atoms with Crippen LogP contribution in [0.25, 0.3) is 0 Å². The molecule has 2 saturated heterocycles. The number of cyclic esters (lactones) is 1. The topological polar surface area (TPSA) is 117 Å². The highest BCUT2D eigenvalue weighted by Gasteiger charge is 2.71. The zero-order chi connectivity index (χ0) is 33.0. The minimum atomic E-state index is -1.36. The largest absolute Gasteiger partial charge is 0.455 e. The molecule has 8 atom stereocenters. The first-order valence-electron chi connectivity index (χ1n) is 16.9. The van der Waals surface area contributed by atoms with Crippen LogP contribution in [0.15, 0.2) is 54.6 Å². The van der Waals surface area contributed by atoms with Gasteiger partial charge in [-0.15, -0.1) is 0 Å². The van der Waals surface area contributed by atoms with Crippen molar-refractivity contribution in [3.05, 3.63) is 60.2 Å². The number of allylic oxidation sites excluding steroid dienone is 1. The average molecular weight is 636 g/mol. The van der Waals surface area contributed by atoms with Crippen molar-refractivity contribution in [3.8, 4) is 0 Å². The molecule has 4 aliphatic rings. The van der Waals surface area contributed by atoms with E-state index in [0.29, 0.717) is 38.8 Å². The molecule has 1 unspecified atom stereocenters. The Kier molecular flexibility index (Phi) is 10.7. The number of hydrogen-bond acceptors (Lipinski definition) is 7. The molecular formula is C36H49N3O7. The fraction of sp³-hybridized carbons (Fsp3) is 0.611. The lowest BCUT2D eigenvalue weighted by Gasteiger charge is -2.37. The van der Waals surface area contributed by atoms with Gasteiger partial charge in [0.05, 0.1) is 18.1 Å². The van der Waals surface area contributed by atoms with E-state index in [1.165, 1.54) is 0 Å². The summed E-state index contributed by atoms with van der Waals surface area (Å²) in [5, 5.41) is 9.35. The summed E-state index contributed by atoms with van der Waals surface area (Å²) < 4.78 is 13.1. The molecule has 3 amide bonds. The molecule has 1 N–H and O–H groups in total. The lowest BCUT2D eigenvalue weighted by molar-refractivity contribution is -0.164. The van der Waals surface area contributed by atoms with E-state index in [4.69, 9.17) is 9.47 Å². The molecule has 0 radical (unpaired) electrons. The number of benzene rings is 1. The molecular weight excluding hydrogens is 586 g/mol. The molecule has 1 aromatic rings. The monoisotopic (exact) mass is 635 g/mol. The number of aliphatic hydroxyl groups is 1. The Morgan fingerprint density at radius 3 is 2.52 bits per heavy atom. The van der Waals surface area contributed by atoms with Gasteiger partial charge < -0.3 is 29.3 Å². The van der Waals surface area contributed by atoms with Gasteiger partial charge in [0, 0.05) is 39.2 Å². The van der Waals surface area contributed by atoms with Gasteiger partial charge in [-0.1, -0.05) is 68.0 Å². The van der Waals surface area contributed by atoms with Gasteiger partial charge in [-0.05, 0) is 51.5 Å². The van der Waals surface area contributed by atoms with Crippen LogP contribution in [0.1, 0.15) is 77.4 Å². The number of fused-ring (bicyclic) bond motifs is 2. The fourth-order valence-electron chi connectivity index (χ4n) is 7.69. The Bertz CT molecular complexity index is 1330. The van der Waals surface area contributed by atoms with E-state index >= 15 is 0 Å². The van der Waals surface area contributed by atoms with Crippen LogP contribution in [0, 0.1) is 11.8 Å². The first kappa shape index (κ1) is 33.9. The van der Waals surface area contributed by atoms with Gasteiger partial charge in [0.15, 0.2) is 0 Å². The summed E-state index contributed by atoms with van der Waals surface area (Å²) in [5.74, 6) is -3.09. The van der Waals surface area contributed by atoms with Gasteiger partial charge in [0.25, 0.3) is 0 Å². The summed E-state index contributed by atoms with van der Waals surface area (Å²) in [4.78, 5) is 61.7. The van der Waals surface area contributed by atoms with Crippen molar-refractivity contribution in [1.82, 2.24) is 14.7 Å². The summed E-state index contributed by atoms with van der Waals surface area (Å²) in [6, 6.07) is 7.89. The summed E-state index contributed by atoms with van der Waals surface area (Å²) in [6.45, 7) is 6.73. The molecule has 250 valence electrons. The molecule has 0 saturated carbocycles. The molecule has 1 spiro atoms. The molecule has 4 heterocycles. The molecule has 5 rings (SSSR count). The van der Waals surface area contributed by atoms with Crippen LogP contribution in [0.5, 0.6) is 0 Å². The van der Waals surface area contributed by atoms with Crippen molar-refractivity contribution < 1.29 is 33.8 Å². The van der Waals surface area contributed by atoms with Crippen molar-refractivity contribution >= 4 is 23.7 Å². The van der Waals surface area contributed by atoms with Gasteiger partial charge in [-0.2, -0.15) is 0 Å².